The summed E-state index contributed by atoms with van der Waals surface area (Å²) < 4.78 is 0. The number of nitrogens with one attached hydrogen (secondary N) is 1. The molecule has 1 atom stereocenters. The smallest absolute Gasteiger partial charge is 0.132 e. The average molecular weight is 445 g/mol. The van der Waals surface area contributed by atoms with E-state index in [2.05, 4.69) is 15.3 Å². The molecule has 0 amide bonds. The number of carbonyl (C=O) groups is 1. The highest BCUT2D eigenvalue weighted by Crippen LogP contribution is 2.33. The monoisotopic (exact) mass is 444 g/mol. The fourth-order valence-corrected chi connectivity index (χ4v) is 4.47. The van der Waals surface area contributed by atoms with Gasteiger partial charge in [-0.05, 0) is 67.8 Å². The Labute approximate surface area is 191 Å². The lowest BCUT2D eigenvalue weighted by molar-refractivity contribution is -0.117. The van der Waals surface area contributed by atoms with Crippen LogP contribution in [0.3, 0.4) is 0 Å². The van der Waals surface area contributed by atoms with Crippen molar-refractivity contribution < 1.29 is 9.90 Å². The van der Waals surface area contributed by atoms with Crippen LogP contribution in [0.4, 0.5) is 11.6 Å². The Balaban J connectivity index is 1.55. The van der Waals surface area contributed by atoms with Gasteiger partial charge >= 0.3 is 0 Å². The van der Waals surface area contributed by atoms with Crippen molar-refractivity contribution in [2.24, 2.45) is 0 Å². The lowest BCUT2D eigenvalue weighted by Gasteiger charge is -2.13. The molecule has 3 heterocycles. The van der Waals surface area contributed by atoms with Gasteiger partial charge < -0.3 is 15.2 Å². The van der Waals surface area contributed by atoms with Crippen molar-refractivity contribution in [2.45, 2.75) is 32.6 Å². The Morgan fingerprint density at radius 3 is 2.66 bits per heavy atom. The summed E-state index contributed by atoms with van der Waals surface area (Å²) >= 11 is 1.56. The molecule has 4 rings (SSSR count). The predicted molar refractivity (Wildman–Crippen MR) is 127 cm³/mol. The van der Waals surface area contributed by atoms with Crippen molar-refractivity contribution >= 4 is 28.8 Å². The van der Waals surface area contributed by atoms with E-state index in [4.69, 9.17) is 4.98 Å². The number of aryl methyl sites for hydroxylation is 1. The van der Waals surface area contributed by atoms with Crippen LogP contribution in [0.15, 0.2) is 67.0 Å². The Morgan fingerprint density at radius 1 is 1.09 bits per heavy atom. The van der Waals surface area contributed by atoms with E-state index in [0.717, 1.165) is 32.5 Å². The number of aromatic nitrogens is 3. The Bertz CT molecular complexity index is 1220. The van der Waals surface area contributed by atoms with Gasteiger partial charge in [0.15, 0.2) is 0 Å². The second-order valence-electron chi connectivity index (χ2n) is 7.79. The van der Waals surface area contributed by atoms with Crippen LogP contribution in [-0.4, -0.2) is 25.8 Å². The number of hydrogen-bond donors (Lipinski definition) is 2. The first-order valence-corrected chi connectivity index (χ1v) is 11.2. The number of phenols is 1. The van der Waals surface area contributed by atoms with Crippen molar-refractivity contribution in [3.8, 4) is 16.3 Å². The number of hydrogen-bond acceptors (Lipinski definition) is 7. The van der Waals surface area contributed by atoms with E-state index >= 15 is 0 Å². The Hall–Kier alpha value is -3.58. The highest BCUT2D eigenvalue weighted by atomic mass is 32.1. The van der Waals surface area contributed by atoms with Crippen LogP contribution in [0, 0.1) is 6.92 Å². The number of pyridine rings is 2. The molecule has 0 saturated heterocycles. The molecule has 7 heteroatoms. The number of carbonyl (C=O) groups excluding carboxylic acids is 1. The summed E-state index contributed by atoms with van der Waals surface area (Å²) in [5.41, 5.74) is 2.99. The molecule has 0 spiro atoms. The minimum Gasteiger partial charge on any atom is -0.508 e. The van der Waals surface area contributed by atoms with E-state index in [1.807, 2.05) is 55.6 Å². The van der Waals surface area contributed by atoms with Gasteiger partial charge in [0.1, 0.15) is 23.2 Å². The van der Waals surface area contributed by atoms with Crippen molar-refractivity contribution in [3.63, 3.8) is 0 Å². The molecule has 0 aliphatic carbocycles. The third-order valence-electron chi connectivity index (χ3n) is 5.00. The number of Topliss-reactive ketones (excluding diaryl/α,β-unsaturated/α-hetero) is 1. The molecule has 0 radical (unpaired) electrons. The summed E-state index contributed by atoms with van der Waals surface area (Å²) in [6.07, 6.45) is 4.68. The second-order valence-corrected chi connectivity index (χ2v) is 8.85. The average Bonchev–Trinajstić information content (AvgIpc) is 3.25. The number of rotatable bonds is 8. The predicted octanol–water partition coefficient (Wildman–Crippen LogP) is 5.66. The van der Waals surface area contributed by atoms with E-state index in [0.29, 0.717) is 18.7 Å². The van der Waals surface area contributed by atoms with Gasteiger partial charge in [0.2, 0.25) is 0 Å². The zero-order valence-electron chi connectivity index (χ0n) is 17.9. The Kier molecular flexibility index (Phi) is 6.56. The first kappa shape index (κ1) is 21.6. The van der Waals surface area contributed by atoms with Crippen LogP contribution in [0.2, 0.25) is 0 Å². The van der Waals surface area contributed by atoms with Crippen LogP contribution >= 0.6 is 11.3 Å². The van der Waals surface area contributed by atoms with Gasteiger partial charge in [-0.15, -0.1) is 11.3 Å². The maximum atomic E-state index is 11.9. The molecule has 0 aliphatic rings. The number of benzene rings is 1. The molecule has 162 valence electrons. The molecule has 1 aromatic carbocycles. The summed E-state index contributed by atoms with van der Waals surface area (Å²) in [5, 5.41) is 13.7. The molecule has 0 aliphatic heterocycles. The lowest BCUT2D eigenvalue weighted by atomic mass is 9.95. The fraction of sp³-hybridized carbons (Fsp3) is 0.200. The minimum absolute atomic E-state index is 0.0198. The SMILES string of the molecule is CC(=O)CC(Cc1ccc(O)cc1)c1ncc(-c2cccc(Nc3cc(C)ccn3)n2)s1. The van der Waals surface area contributed by atoms with Crippen molar-refractivity contribution in [1.82, 2.24) is 15.0 Å². The number of aromatic hydroxyl groups is 1. The topological polar surface area (TPSA) is 88.0 Å². The third kappa shape index (κ3) is 5.56. The summed E-state index contributed by atoms with van der Waals surface area (Å²) in [6, 6.07) is 16.8. The number of thiazole rings is 1. The molecule has 4 aromatic rings. The molecule has 2 N–H and O–H groups in total. The molecule has 0 bridgehead atoms. The van der Waals surface area contributed by atoms with Crippen molar-refractivity contribution in [2.75, 3.05) is 5.32 Å². The van der Waals surface area contributed by atoms with E-state index in [-0.39, 0.29) is 17.5 Å². The highest BCUT2D eigenvalue weighted by Gasteiger charge is 2.19. The van der Waals surface area contributed by atoms with Gasteiger partial charge in [0, 0.05) is 24.7 Å². The summed E-state index contributed by atoms with van der Waals surface area (Å²) in [4.78, 5) is 26.5. The Morgan fingerprint density at radius 2 is 1.91 bits per heavy atom. The first-order chi connectivity index (χ1) is 15.5. The van der Waals surface area contributed by atoms with Crippen molar-refractivity contribution in [3.05, 3.63) is 83.1 Å². The van der Waals surface area contributed by atoms with E-state index < -0.39 is 0 Å². The molecule has 0 saturated carbocycles. The van der Waals surface area contributed by atoms with Gasteiger partial charge in [-0.3, -0.25) is 0 Å². The standard InChI is InChI=1S/C25H24N4O2S/c1-16-10-11-26-24(12-16)29-23-5-3-4-21(28-23)22-15-27-25(32-22)19(13-17(2)30)14-18-6-8-20(31)9-7-18/h3-12,15,19,31H,13-14H2,1-2H3,(H,26,28,29). The van der Waals surface area contributed by atoms with Gasteiger partial charge in [-0.1, -0.05) is 18.2 Å². The summed E-state index contributed by atoms with van der Waals surface area (Å²) in [6.45, 7) is 3.62. The molecular formula is C25H24N4O2S. The number of anilines is 2. The maximum Gasteiger partial charge on any atom is 0.132 e. The quantitative estimate of drug-likeness (QED) is 0.364. The van der Waals surface area contributed by atoms with Gasteiger partial charge in [0.05, 0.1) is 15.6 Å². The van der Waals surface area contributed by atoms with Crippen LogP contribution in [-0.2, 0) is 11.2 Å². The molecule has 3 aromatic heterocycles. The normalized spacial score (nSPS) is 11.8. The van der Waals surface area contributed by atoms with Crippen molar-refractivity contribution in [1.29, 1.82) is 0 Å². The third-order valence-corrected chi connectivity index (χ3v) is 6.18. The van der Waals surface area contributed by atoms with E-state index in [1.165, 1.54) is 0 Å². The summed E-state index contributed by atoms with van der Waals surface area (Å²) in [7, 11) is 0. The van der Waals surface area contributed by atoms with E-state index in [1.54, 1.807) is 36.6 Å². The molecule has 32 heavy (non-hydrogen) atoms. The largest absolute Gasteiger partial charge is 0.508 e. The number of phenolic OH excluding ortho intramolecular Hbond substituents is 1. The molecule has 6 nitrogen and oxygen atoms in total. The zero-order chi connectivity index (χ0) is 22.5. The molecule has 0 fully saturated rings. The molecular weight excluding hydrogens is 420 g/mol. The first-order valence-electron chi connectivity index (χ1n) is 10.4. The van der Waals surface area contributed by atoms with Crippen LogP contribution in [0.5, 0.6) is 5.75 Å². The number of nitrogens with zero attached hydrogens (tertiary/aromatic N) is 3. The van der Waals surface area contributed by atoms with Crippen LogP contribution in [0.1, 0.15) is 35.4 Å². The zero-order valence-corrected chi connectivity index (χ0v) is 18.8. The van der Waals surface area contributed by atoms with Gasteiger partial charge in [-0.2, -0.15) is 0 Å². The highest BCUT2D eigenvalue weighted by molar-refractivity contribution is 7.15. The van der Waals surface area contributed by atoms with Gasteiger partial charge in [-0.25, -0.2) is 15.0 Å². The lowest BCUT2D eigenvalue weighted by Crippen LogP contribution is -2.07. The van der Waals surface area contributed by atoms with E-state index in [9.17, 15) is 9.90 Å². The maximum absolute atomic E-state index is 11.9. The summed E-state index contributed by atoms with van der Waals surface area (Å²) in [5.74, 6) is 1.79. The van der Waals surface area contributed by atoms with Crippen LogP contribution in [0.25, 0.3) is 10.6 Å². The fourth-order valence-electron chi connectivity index (χ4n) is 3.48. The van der Waals surface area contributed by atoms with Crippen LogP contribution < -0.4 is 5.32 Å². The number of ketones is 1. The molecule has 1 unspecified atom stereocenters. The minimum atomic E-state index is -0.0198. The van der Waals surface area contributed by atoms with Gasteiger partial charge in [0.25, 0.3) is 0 Å². The second kappa shape index (κ2) is 9.70.